The van der Waals surface area contributed by atoms with E-state index >= 15 is 0 Å². The Morgan fingerprint density at radius 1 is 1.37 bits per heavy atom. The van der Waals surface area contributed by atoms with Gasteiger partial charge in [0.15, 0.2) is 5.78 Å². The van der Waals surface area contributed by atoms with Gasteiger partial charge in [-0.3, -0.25) is 9.59 Å². The van der Waals surface area contributed by atoms with Crippen molar-refractivity contribution < 1.29 is 14.3 Å². The quantitative estimate of drug-likeness (QED) is 0.446. The molecule has 0 radical (unpaired) electrons. The predicted octanol–water partition coefficient (Wildman–Crippen LogP) is 2.48. The SMILES string of the molecule is CCCOC(=O)CC(=O)C=Cc1ccccc1C#N. The lowest BCUT2D eigenvalue weighted by Gasteiger charge is -2.00. The summed E-state index contributed by atoms with van der Waals surface area (Å²) in [6, 6.07) is 8.96. The standard InChI is InChI=1S/C15H15NO3/c1-2-9-19-15(18)10-14(17)8-7-12-5-3-4-6-13(12)11-16/h3-8H,2,9-10H2,1H3. The molecule has 0 spiro atoms. The van der Waals surface area contributed by atoms with Crippen LogP contribution in [0.3, 0.4) is 0 Å². The molecule has 1 rings (SSSR count). The molecule has 1 aromatic carbocycles. The molecule has 0 saturated heterocycles. The van der Waals surface area contributed by atoms with Crippen molar-refractivity contribution in [1.82, 2.24) is 0 Å². The number of esters is 1. The minimum Gasteiger partial charge on any atom is -0.465 e. The Hall–Kier alpha value is -2.41. The first-order valence-corrected chi connectivity index (χ1v) is 6.03. The molecule has 0 aliphatic carbocycles. The van der Waals surface area contributed by atoms with Gasteiger partial charge in [-0.1, -0.05) is 31.2 Å². The third-order valence-electron chi connectivity index (χ3n) is 2.32. The van der Waals surface area contributed by atoms with Crippen molar-refractivity contribution in [2.45, 2.75) is 19.8 Å². The number of hydrogen-bond acceptors (Lipinski definition) is 4. The van der Waals surface area contributed by atoms with E-state index in [1.165, 1.54) is 12.2 Å². The Labute approximate surface area is 112 Å². The molecule has 0 aromatic heterocycles. The van der Waals surface area contributed by atoms with Gasteiger partial charge < -0.3 is 4.74 Å². The minimum absolute atomic E-state index is 0.273. The zero-order valence-electron chi connectivity index (χ0n) is 10.8. The number of carbonyl (C=O) groups excluding carboxylic acids is 2. The third-order valence-corrected chi connectivity index (χ3v) is 2.32. The van der Waals surface area contributed by atoms with Crippen LogP contribution in [-0.2, 0) is 14.3 Å². The number of hydrogen-bond donors (Lipinski definition) is 0. The number of carbonyl (C=O) groups is 2. The Kier molecular flexibility index (Phi) is 6.04. The molecule has 0 heterocycles. The predicted molar refractivity (Wildman–Crippen MR) is 71.1 cm³/mol. The van der Waals surface area contributed by atoms with Crippen molar-refractivity contribution in [2.24, 2.45) is 0 Å². The van der Waals surface area contributed by atoms with Crippen LogP contribution in [0, 0.1) is 11.3 Å². The van der Waals surface area contributed by atoms with E-state index in [0.29, 0.717) is 17.7 Å². The van der Waals surface area contributed by atoms with Crippen molar-refractivity contribution in [3.63, 3.8) is 0 Å². The molecule has 4 nitrogen and oxygen atoms in total. The molecule has 19 heavy (non-hydrogen) atoms. The first kappa shape index (κ1) is 14.7. The lowest BCUT2D eigenvalue weighted by atomic mass is 10.1. The number of benzene rings is 1. The topological polar surface area (TPSA) is 67.2 Å². The van der Waals surface area contributed by atoms with E-state index < -0.39 is 5.97 Å². The molecule has 0 N–H and O–H groups in total. The van der Waals surface area contributed by atoms with Crippen LogP contribution in [0.5, 0.6) is 0 Å². The summed E-state index contributed by atoms with van der Waals surface area (Å²) in [6.07, 6.45) is 3.29. The van der Waals surface area contributed by atoms with E-state index in [4.69, 9.17) is 10.00 Å². The second-order valence-electron chi connectivity index (χ2n) is 3.90. The zero-order valence-corrected chi connectivity index (χ0v) is 10.8. The number of ether oxygens (including phenoxy) is 1. The Balaban J connectivity index is 2.59. The molecule has 0 bridgehead atoms. The molecule has 0 unspecified atom stereocenters. The number of nitriles is 1. The molecule has 1 aromatic rings. The van der Waals surface area contributed by atoms with Crippen LogP contribution < -0.4 is 0 Å². The van der Waals surface area contributed by atoms with E-state index in [0.717, 1.165) is 6.42 Å². The number of allylic oxidation sites excluding steroid dienone is 1. The van der Waals surface area contributed by atoms with Crippen molar-refractivity contribution in [2.75, 3.05) is 6.61 Å². The van der Waals surface area contributed by atoms with Gasteiger partial charge in [-0.2, -0.15) is 5.26 Å². The van der Waals surface area contributed by atoms with Crippen LogP contribution in [-0.4, -0.2) is 18.4 Å². The second kappa shape index (κ2) is 7.83. The van der Waals surface area contributed by atoms with Crippen molar-refractivity contribution in [3.8, 4) is 6.07 Å². The molecular weight excluding hydrogens is 242 g/mol. The van der Waals surface area contributed by atoms with Gasteiger partial charge in [-0.15, -0.1) is 0 Å². The fourth-order valence-electron chi connectivity index (χ4n) is 1.39. The summed E-state index contributed by atoms with van der Waals surface area (Å²) in [4.78, 5) is 22.7. The van der Waals surface area contributed by atoms with Crippen LogP contribution in [0.15, 0.2) is 30.3 Å². The molecule has 0 saturated carbocycles. The van der Waals surface area contributed by atoms with Gasteiger partial charge in [0.05, 0.1) is 18.2 Å². The molecule has 0 atom stereocenters. The van der Waals surface area contributed by atoms with Crippen LogP contribution >= 0.6 is 0 Å². The Morgan fingerprint density at radius 2 is 2.11 bits per heavy atom. The molecule has 0 aliphatic rings. The maximum Gasteiger partial charge on any atom is 0.313 e. The normalized spacial score (nSPS) is 10.1. The van der Waals surface area contributed by atoms with Gasteiger partial charge in [-0.05, 0) is 24.1 Å². The lowest BCUT2D eigenvalue weighted by Crippen LogP contribution is -2.10. The van der Waals surface area contributed by atoms with E-state index in [-0.39, 0.29) is 12.2 Å². The number of nitrogens with zero attached hydrogens (tertiary/aromatic N) is 1. The molecule has 98 valence electrons. The fourth-order valence-corrected chi connectivity index (χ4v) is 1.39. The summed E-state index contributed by atoms with van der Waals surface area (Å²) in [5.74, 6) is -0.862. The highest BCUT2D eigenvalue weighted by Gasteiger charge is 2.07. The summed E-state index contributed by atoms with van der Waals surface area (Å²) < 4.78 is 4.81. The molecule has 0 fully saturated rings. The second-order valence-corrected chi connectivity index (χ2v) is 3.90. The van der Waals surface area contributed by atoms with Crippen LogP contribution in [0.4, 0.5) is 0 Å². The summed E-state index contributed by atoms with van der Waals surface area (Å²) in [6.45, 7) is 2.21. The summed E-state index contributed by atoms with van der Waals surface area (Å²) >= 11 is 0. The summed E-state index contributed by atoms with van der Waals surface area (Å²) in [5.41, 5.74) is 1.14. The maximum atomic E-state index is 11.5. The highest BCUT2D eigenvalue weighted by molar-refractivity contribution is 6.04. The average Bonchev–Trinajstić information content (AvgIpc) is 2.43. The highest BCUT2D eigenvalue weighted by atomic mass is 16.5. The smallest absolute Gasteiger partial charge is 0.313 e. The van der Waals surface area contributed by atoms with Gasteiger partial charge in [-0.25, -0.2) is 0 Å². The average molecular weight is 257 g/mol. The van der Waals surface area contributed by atoms with Crippen molar-refractivity contribution >= 4 is 17.8 Å². The number of rotatable bonds is 6. The summed E-state index contributed by atoms with van der Waals surface area (Å²) in [7, 11) is 0. The Morgan fingerprint density at radius 3 is 2.79 bits per heavy atom. The highest BCUT2D eigenvalue weighted by Crippen LogP contribution is 2.09. The van der Waals surface area contributed by atoms with E-state index in [2.05, 4.69) is 0 Å². The first-order valence-electron chi connectivity index (χ1n) is 6.03. The molecule has 4 heteroatoms. The van der Waals surface area contributed by atoms with Crippen molar-refractivity contribution in [1.29, 1.82) is 5.26 Å². The van der Waals surface area contributed by atoms with E-state index in [1.54, 1.807) is 24.3 Å². The molecule has 0 aliphatic heterocycles. The first-order chi connectivity index (χ1) is 9.17. The van der Waals surface area contributed by atoms with Gasteiger partial charge >= 0.3 is 5.97 Å². The Bertz CT molecular complexity index is 526. The molecular formula is C15H15NO3. The lowest BCUT2D eigenvalue weighted by molar-refractivity contribution is -0.145. The van der Waals surface area contributed by atoms with Gasteiger partial charge in [0, 0.05) is 0 Å². The van der Waals surface area contributed by atoms with E-state index in [1.807, 2.05) is 13.0 Å². The largest absolute Gasteiger partial charge is 0.465 e. The molecule has 0 amide bonds. The fraction of sp³-hybridized carbons (Fsp3) is 0.267. The van der Waals surface area contributed by atoms with Crippen LogP contribution in [0.25, 0.3) is 6.08 Å². The van der Waals surface area contributed by atoms with E-state index in [9.17, 15) is 9.59 Å². The van der Waals surface area contributed by atoms with Gasteiger partial charge in [0.25, 0.3) is 0 Å². The van der Waals surface area contributed by atoms with Crippen LogP contribution in [0.2, 0.25) is 0 Å². The van der Waals surface area contributed by atoms with Gasteiger partial charge in [0.2, 0.25) is 0 Å². The van der Waals surface area contributed by atoms with Crippen molar-refractivity contribution in [3.05, 3.63) is 41.5 Å². The third kappa shape index (κ3) is 5.17. The maximum absolute atomic E-state index is 11.5. The summed E-state index contributed by atoms with van der Waals surface area (Å²) in [5, 5.41) is 8.88. The van der Waals surface area contributed by atoms with Crippen LogP contribution in [0.1, 0.15) is 30.9 Å². The minimum atomic E-state index is -0.523. The van der Waals surface area contributed by atoms with Gasteiger partial charge in [0.1, 0.15) is 6.42 Å². The number of ketones is 1. The monoisotopic (exact) mass is 257 g/mol. The zero-order chi connectivity index (χ0) is 14.1.